The normalized spacial score (nSPS) is 43.0. The predicted molar refractivity (Wildman–Crippen MR) is 165 cm³/mol. The highest BCUT2D eigenvalue weighted by molar-refractivity contribution is 8.77. The van der Waals surface area contributed by atoms with Crippen LogP contribution in [0.1, 0.15) is 77.0 Å². The van der Waals surface area contributed by atoms with Crippen LogP contribution < -0.4 is 11.5 Å². The Morgan fingerprint density at radius 1 is 0.556 bits per heavy atom. The molecule has 0 saturated heterocycles. The molecule has 0 amide bonds. The molecule has 8 bridgehead atoms. The molecule has 4 nitrogen and oxygen atoms in total. The van der Waals surface area contributed by atoms with Crippen LogP contribution in [0.3, 0.4) is 0 Å². The lowest BCUT2D eigenvalue weighted by molar-refractivity contribution is 0.0382. The summed E-state index contributed by atoms with van der Waals surface area (Å²) >= 11 is 4.45. The van der Waals surface area contributed by atoms with E-state index in [0.29, 0.717) is 9.49 Å². The minimum atomic E-state index is 0.592. The summed E-state index contributed by atoms with van der Waals surface area (Å²) in [4.78, 5) is 9.34. The van der Waals surface area contributed by atoms with Gasteiger partial charge < -0.3 is 11.5 Å². The Bertz CT molecular complexity index is 705. The Balaban J connectivity index is 0.823. The van der Waals surface area contributed by atoms with E-state index in [1.807, 2.05) is 0 Å². The van der Waals surface area contributed by atoms with E-state index in [2.05, 4.69) is 33.5 Å². The molecule has 0 aromatic rings. The van der Waals surface area contributed by atoms with Crippen molar-refractivity contribution in [1.29, 1.82) is 0 Å². The zero-order valence-electron chi connectivity index (χ0n) is 21.9. The molecule has 202 valence electrons. The maximum Gasteiger partial charge on any atom is 0.105 e. The highest BCUT2D eigenvalue weighted by Crippen LogP contribution is 2.61. The molecule has 0 atom stereocenters. The number of thioether (sulfide) groups is 2. The third-order valence-corrected chi connectivity index (χ3v) is 15.3. The van der Waals surface area contributed by atoms with Crippen LogP contribution in [-0.2, 0) is 0 Å². The largest absolute Gasteiger partial charge is 0.387 e. The lowest BCUT2D eigenvalue weighted by Crippen LogP contribution is -2.48. The topological polar surface area (TPSA) is 76.8 Å². The monoisotopic (exact) mass is 566 g/mol. The number of aliphatic imine (C=N–C) groups is 2. The van der Waals surface area contributed by atoms with Crippen LogP contribution in [0.2, 0.25) is 0 Å². The molecule has 0 aliphatic heterocycles. The van der Waals surface area contributed by atoms with Gasteiger partial charge in [-0.15, -0.1) is 0 Å². The van der Waals surface area contributed by atoms with Crippen LogP contribution in [0.15, 0.2) is 9.98 Å². The van der Waals surface area contributed by atoms with Crippen molar-refractivity contribution in [3.8, 4) is 0 Å². The van der Waals surface area contributed by atoms with E-state index in [1.54, 1.807) is 21.6 Å². The molecule has 8 fully saturated rings. The van der Waals surface area contributed by atoms with Gasteiger partial charge in [-0.3, -0.25) is 9.98 Å². The van der Waals surface area contributed by atoms with Crippen molar-refractivity contribution in [3.63, 3.8) is 0 Å². The number of amidine groups is 2. The highest BCUT2D eigenvalue weighted by atomic mass is 33.1. The van der Waals surface area contributed by atoms with Crippen molar-refractivity contribution in [1.82, 2.24) is 0 Å². The maximum atomic E-state index is 6.20. The second kappa shape index (κ2) is 11.4. The zero-order valence-corrected chi connectivity index (χ0v) is 25.1. The summed E-state index contributed by atoms with van der Waals surface area (Å²) in [6.45, 7) is 1.74. The molecule has 8 aliphatic carbocycles. The van der Waals surface area contributed by atoms with Gasteiger partial charge in [0.15, 0.2) is 0 Å². The SMILES string of the molecule is NC(CSSCC(N)=NCCSC12CC3CC(CC(C3)C1)C2)=NCCSC12CC3CC(CC(C3)C1)C2. The Kier molecular flexibility index (Phi) is 8.44. The molecular formula is C28H46N4S4. The number of nitrogens with two attached hydrogens (primary N) is 2. The first-order chi connectivity index (χ1) is 17.5. The van der Waals surface area contributed by atoms with Crippen LogP contribution in [0.5, 0.6) is 0 Å². The van der Waals surface area contributed by atoms with E-state index >= 15 is 0 Å². The van der Waals surface area contributed by atoms with E-state index in [4.69, 9.17) is 11.5 Å². The van der Waals surface area contributed by atoms with Crippen molar-refractivity contribution in [3.05, 3.63) is 0 Å². The van der Waals surface area contributed by atoms with Crippen molar-refractivity contribution in [2.45, 2.75) is 86.5 Å². The maximum absolute atomic E-state index is 6.20. The van der Waals surface area contributed by atoms with E-state index in [1.165, 1.54) is 77.0 Å². The van der Waals surface area contributed by atoms with Gasteiger partial charge in [0.05, 0.1) is 24.6 Å². The Morgan fingerprint density at radius 3 is 1.17 bits per heavy atom. The molecule has 0 spiro atoms. The summed E-state index contributed by atoms with van der Waals surface area (Å²) in [5.74, 6) is 11.6. The van der Waals surface area contributed by atoms with Crippen LogP contribution in [0.25, 0.3) is 0 Å². The van der Waals surface area contributed by atoms with Crippen LogP contribution >= 0.6 is 45.1 Å². The third kappa shape index (κ3) is 6.38. The van der Waals surface area contributed by atoms with E-state index in [0.717, 1.165) is 83.3 Å². The summed E-state index contributed by atoms with van der Waals surface area (Å²) in [5, 5.41) is 0. The van der Waals surface area contributed by atoms with Crippen molar-refractivity contribution >= 4 is 56.8 Å². The Hall–Kier alpha value is 0.340. The molecule has 4 N–H and O–H groups in total. The standard InChI is InChI=1S/C28H46N4S4/c29-25(31-1-3-33-27-11-19-5-20(12-27)7-21(6-19)13-27)17-35-36-18-26(30)32-2-4-34-28-14-22-8-23(15-28)10-24(9-22)16-28/h19-24H,1-18H2,(H2,29,31)(H2,30,32). The lowest BCUT2D eigenvalue weighted by atomic mass is 9.56. The van der Waals surface area contributed by atoms with Gasteiger partial charge in [-0.2, -0.15) is 23.5 Å². The first-order valence-electron chi connectivity index (χ1n) is 14.6. The molecule has 8 saturated carbocycles. The van der Waals surface area contributed by atoms with E-state index in [-0.39, 0.29) is 0 Å². The van der Waals surface area contributed by atoms with E-state index < -0.39 is 0 Å². The van der Waals surface area contributed by atoms with Gasteiger partial charge in [0.2, 0.25) is 0 Å². The summed E-state index contributed by atoms with van der Waals surface area (Å²) in [7, 11) is 3.52. The van der Waals surface area contributed by atoms with Crippen molar-refractivity contribution < 1.29 is 0 Å². The fraction of sp³-hybridized carbons (Fsp3) is 0.929. The minimum Gasteiger partial charge on any atom is -0.387 e. The quantitative estimate of drug-likeness (QED) is 0.115. The molecule has 0 heterocycles. The summed E-state index contributed by atoms with van der Waals surface area (Å²) in [5.41, 5.74) is 12.4. The molecule has 0 aromatic heterocycles. The molecular weight excluding hydrogens is 521 g/mol. The smallest absolute Gasteiger partial charge is 0.105 e. The number of hydrogen-bond acceptors (Lipinski definition) is 6. The lowest BCUT2D eigenvalue weighted by Gasteiger charge is -2.56. The van der Waals surface area contributed by atoms with E-state index in [9.17, 15) is 0 Å². The van der Waals surface area contributed by atoms with Gasteiger partial charge in [-0.25, -0.2) is 0 Å². The highest BCUT2D eigenvalue weighted by Gasteiger charge is 2.52. The zero-order chi connectivity index (χ0) is 24.6. The molecule has 36 heavy (non-hydrogen) atoms. The van der Waals surface area contributed by atoms with Crippen LogP contribution in [0.4, 0.5) is 0 Å². The minimum absolute atomic E-state index is 0.592. The first-order valence-corrected chi connectivity index (χ1v) is 19.0. The molecule has 0 radical (unpaired) electrons. The molecule has 0 aromatic carbocycles. The van der Waals surface area contributed by atoms with Gasteiger partial charge in [0, 0.05) is 21.0 Å². The second-order valence-corrected chi connectivity index (χ2v) is 18.8. The van der Waals surface area contributed by atoms with Gasteiger partial charge in [0.25, 0.3) is 0 Å². The first kappa shape index (κ1) is 26.6. The summed E-state index contributed by atoms with van der Waals surface area (Å²) < 4.78 is 1.18. The molecule has 8 rings (SSSR count). The fourth-order valence-corrected chi connectivity index (χ4v) is 14.8. The number of rotatable bonds is 13. The van der Waals surface area contributed by atoms with Crippen molar-refractivity contribution in [2.24, 2.45) is 57.0 Å². The molecule has 8 heteroatoms. The summed E-state index contributed by atoms with van der Waals surface area (Å²) in [6, 6.07) is 0. The van der Waals surface area contributed by atoms with Gasteiger partial charge >= 0.3 is 0 Å². The predicted octanol–water partition coefficient (Wildman–Crippen LogP) is 6.49. The van der Waals surface area contributed by atoms with Gasteiger partial charge in [-0.1, -0.05) is 21.6 Å². The van der Waals surface area contributed by atoms with Crippen LogP contribution in [0, 0.1) is 35.5 Å². The van der Waals surface area contributed by atoms with Gasteiger partial charge in [0.1, 0.15) is 11.7 Å². The fourth-order valence-electron chi connectivity index (χ4n) is 9.61. The van der Waals surface area contributed by atoms with Crippen LogP contribution in [-0.4, -0.2) is 57.3 Å². The summed E-state index contributed by atoms with van der Waals surface area (Å²) in [6.07, 6.45) is 18.0. The third-order valence-electron chi connectivity index (χ3n) is 10.1. The number of hydrogen-bond donors (Lipinski definition) is 2. The average Bonchev–Trinajstić information content (AvgIpc) is 2.81. The molecule has 0 unspecified atom stereocenters. The molecule has 8 aliphatic rings. The Morgan fingerprint density at radius 2 is 0.861 bits per heavy atom. The number of nitrogens with zero attached hydrogens (tertiary/aromatic N) is 2. The van der Waals surface area contributed by atoms with Crippen molar-refractivity contribution in [2.75, 3.05) is 36.1 Å². The Labute approximate surface area is 235 Å². The second-order valence-electron chi connectivity index (χ2n) is 13.2. The van der Waals surface area contributed by atoms with Gasteiger partial charge in [-0.05, 0) is 113 Å². The average molecular weight is 567 g/mol.